The molecule has 2 aromatic carbocycles. The Morgan fingerprint density at radius 2 is 1.17 bits per heavy atom. The smallest absolute Gasteiger partial charge is 0.346 e. The third-order valence-electron chi connectivity index (χ3n) is 3.63. The highest BCUT2D eigenvalue weighted by Crippen LogP contribution is 2.15. The quantitative estimate of drug-likeness (QED) is 0.363. The van der Waals surface area contributed by atoms with Gasteiger partial charge in [0.15, 0.2) is 0 Å². The predicted octanol–water partition coefficient (Wildman–Crippen LogP) is 1.55. The number of rotatable bonds is 9. The number of aromatic carboxylic acids is 1. The summed E-state index contributed by atoms with van der Waals surface area (Å²) in [7, 11) is 0. The largest absolute Gasteiger partial charge is 0.478 e. The van der Waals surface area contributed by atoms with E-state index in [-0.39, 0.29) is 48.7 Å². The highest BCUT2D eigenvalue weighted by molar-refractivity contribution is 6.10. The number of carbonyl (C=O) groups excluding carboxylic acids is 3. The van der Waals surface area contributed by atoms with Crippen molar-refractivity contribution < 1.29 is 43.6 Å². The molecule has 0 aliphatic carbocycles. The number of carbonyl (C=O) groups is 4. The molecule has 2 rings (SSSR count). The van der Waals surface area contributed by atoms with Crippen LogP contribution in [0.5, 0.6) is 0 Å². The van der Waals surface area contributed by atoms with Crippen molar-refractivity contribution in [2.24, 2.45) is 0 Å². The van der Waals surface area contributed by atoms with E-state index in [1.165, 1.54) is 48.5 Å². The number of carboxylic acids is 1. The van der Waals surface area contributed by atoms with Crippen molar-refractivity contribution in [3.05, 3.63) is 70.8 Å². The number of esters is 3. The van der Waals surface area contributed by atoms with Crippen molar-refractivity contribution in [3.63, 3.8) is 0 Å². The second-order valence-corrected chi connectivity index (χ2v) is 5.55. The van der Waals surface area contributed by atoms with Crippen LogP contribution in [0.3, 0.4) is 0 Å². The van der Waals surface area contributed by atoms with Crippen LogP contribution in [0.4, 0.5) is 0 Å². The number of benzene rings is 2. The Morgan fingerprint density at radius 1 is 0.690 bits per heavy atom. The summed E-state index contributed by atoms with van der Waals surface area (Å²) in [6.07, 6.45) is 0. The third kappa shape index (κ3) is 5.96. The van der Waals surface area contributed by atoms with E-state index in [1.54, 1.807) is 0 Å². The van der Waals surface area contributed by atoms with Gasteiger partial charge in [0.05, 0.1) is 42.1 Å². The minimum atomic E-state index is -1.35. The fourth-order valence-corrected chi connectivity index (χ4v) is 2.32. The van der Waals surface area contributed by atoms with E-state index in [1.807, 2.05) is 0 Å². The fourth-order valence-electron chi connectivity index (χ4n) is 2.32. The second kappa shape index (κ2) is 10.7. The van der Waals surface area contributed by atoms with Gasteiger partial charge in [0, 0.05) is 0 Å². The van der Waals surface area contributed by atoms with E-state index in [0.717, 1.165) is 0 Å². The lowest BCUT2D eigenvalue weighted by Crippen LogP contribution is -2.19. The molecule has 152 valence electrons. The van der Waals surface area contributed by atoms with Crippen LogP contribution < -0.4 is 0 Å². The van der Waals surface area contributed by atoms with Gasteiger partial charge >= 0.3 is 23.9 Å². The average Bonchev–Trinajstić information content (AvgIpc) is 2.73. The number of ether oxygens (including phenoxy) is 3. The fraction of sp³-hybridized carbons (Fsp3) is 0.200. The molecular weight excluding hydrogens is 384 g/mol. The molecule has 0 aliphatic rings. The summed E-state index contributed by atoms with van der Waals surface area (Å²) in [6.45, 7) is -0.113. The molecule has 0 saturated carbocycles. The van der Waals surface area contributed by atoms with Gasteiger partial charge < -0.3 is 24.4 Å². The molecule has 0 heterocycles. The van der Waals surface area contributed by atoms with E-state index in [2.05, 4.69) is 0 Å². The lowest BCUT2D eigenvalue weighted by atomic mass is 10.1. The van der Waals surface area contributed by atoms with Crippen molar-refractivity contribution >= 4 is 23.9 Å². The maximum absolute atomic E-state index is 12.4. The van der Waals surface area contributed by atoms with Gasteiger partial charge in [-0.3, -0.25) is 0 Å². The number of hydrogen-bond acceptors (Lipinski definition) is 8. The van der Waals surface area contributed by atoms with E-state index in [0.29, 0.717) is 0 Å². The molecule has 29 heavy (non-hydrogen) atoms. The molecule has 9 nitrogen and oxygen atoms in total. The predicted molar refractivity (Wildman–Crippen MR) is 97.8 cm³/mol. The molecule has 0 radical (unpaired) electrons. The Balaban J connectivity index is 2.11. The van der Waals surface area contributed by atoms with Crippen molar-refractivity contribution in [2.75, 3.05) is 26.4 Å². The average molecular weight is 402 g/mol. The maximum atomic E-state index is 12.4. The molecule has 2 aromatic rings. The van der Waals surface area contributed by atoms with Crippen LogP contribution in [0.25, 0.3) is 0 Å². The molecule has 0 amide bonds. The van der Waals surface area contributed by atoms with Crippen LogP contribution in [0.1, 0.15) is 41.4 Å². The zero-order valence-corrected chi connectivity index (χ0v) is 15.2. The third-order valence-corrected chi connectivity index (χ3v) is 3.63. The topological polar surface area (TPSA) is 136 Å². The van der Waals surface area contributed by atoms with Crippen molar-refractivity contribution in [3.8, 4) is 0 Å². The van der Waals surface area contributed by atoms with Gasteiger partial charge in [0.1, 0.15) is 6.61 Å². The van der Waals surface area contributed by atoms with Gasteiger partial charge in [-0.05, 0) is 24.3 Å². The first-order valence-corrected chi connectivity index (χ1v) is 8.49. The summed E-state index contributed by atoms with van der Waals surface area (Å²) in [5.74, 6) is -4.46. The number of aliphatic hydroxyl groups is 1. The summed E-state index contributed by atoms with van der Waals surface area (Å²) >= 11 is 0. The molecule has 2 N–H and O–H groups in total. The summed E-state index contributed by atoms with van der Waals surface area (Å²) in [5, 5.41) is 17.7. The highest BCUT2D eigenvalue weighted by Gasteiger charge is 2.24. The monoisotopic (exact) mass is 402 g/mol. The second-order valence-electron chi connectivity index (χ2n) is 5.55. The molecule has 0 unspecified atom stereocenters. The van der Waals surface area contributed by atoms with Crippen molar-refractivity contribution in [1.82, 2.24) is 0 Å². The molecule has 9 heteroatoms. The van der Waals surface area contributed by atoms with E-state index in [4.69, 9.17) is 24.4 Å². The van der Waals surface area contributed by atoms with Crippen molar-refractivity contribution in [1.29, 1.82) is 0 Å². The van der Waals surface area contributed by atoms with Gasteiger partial charge in [-0.2, -0.15) is 0 Å². The number of hydrogen-bond donors (Lipinski definition) is 2. The van der Waals surface area contributed by atoms with Crippen LogP contribution in [0.2, 0.25) is 0 Å². The van der Waals surface area contributed by atoms with Gasteiger partial charge in [0.2, 0.25) is 0 Å². The van der Waals surface area contributed by atoms with Crippen LogP contribution >= 0.6 is 0 Å². The highest BCUT2D eigenvalue weighted by atomic mass is 16.6. The first kappa shape index (κ1) is 21.7. The molecule has 0 bridgehead atoms. The normalized spacial score (nSPS) is 10.2. The zero-order valence-electron chi connectivity index (χ0n) is 15.2. The molecular formula is C20H18O9. The molecule has 0 aromatic heterocycles. The Hall–Kier alpha value is -3.56. The minimum Gasteiger partial charge on any atom is -0.478 e. The summed E-state index contributed by atoms with van der Waals surface area (Å²) in [6, 6.07) is 10.8. The minimum absolute atomic E-state index is 0.0589. The van der Waals surface area contributed by atoms with E-state index < -0.39 is 23.9 Å². The lowest BCUT2D eigenvalue weighted by Gasteiger charge is -2.10. The number of carboxylic acid groups (broad SMARTS) is 1. The van der Waals surface area contributed by atoms with Crippen LogP contribution in [-0.2, 0) is 14.2 Å². The first-order chi connectivity index (χ1) is 14.0. The van der Waals surface area contributed by atoms with Crippen LogP contribution in [0, 0.1) is 0 Å². The van der Waals surface area contributed by atoms with Gasteiger partial charge in [-0.1, -0.05) is 24.3 Å². The van der Waals surface area contributed by atoms with E-state index in [9.17, 15) is 19.2 Å². The van der Waals surface area contributed by atoms with Gasteiger partial charge in [-0.15, -0.1) is 0 Å². The zero-order chi connectivity index (χ0) is 21.2. The molecule has 0 saturated heterocycles. The maximum Gasteiger partial charge on any atom is 0.346 e. The molecule has 0 spiro atoms. The molecule has 0 fully saturated rings. The summed E-state index contributed by atoms with van der Waals surface area (Å²) in [4.78, 5) is 48.1. The Bertz CT molecular complexity index is 904. The van der Waals surface area contributed by atoms with E-state index >= 15 is 0 Å². The van der Waals surface area contributed by atoms with Gasteiger partial charge in [-0.25, -0.2) is 19.2 Å². The SMILES string of the molecule is O=C(O)c1ccccc1C(=O)OC(=O)c1ccccc1C(=O)OCCOCCO. The molecule has 0 aliphatic heterocycles. The first-order valence-electron chi connectivity index (χ1n) is 8.49. The van der Waals surface area contributed by atoms with Crippen LogP contribution in [0.15, 0.2) is 48.5 Å². The Morgan fingerprint density at radius 3 is 1.69 bits per heavy atom. The Kier molecular flexibility index (Phi) is 8.01. The van der Waals surface area contributed by atoms with Crippen LogP contribution in [-0.4, -0.2) is 60.5 Å². The van der Waals surface area contributed by atoms with Crippen molar-refractivity contribution in [2.45, 2.75) is 0 Å². The lowest BCUT2D eigenvalue weighted by molar-refractivity contribution is 0.0249. The standard InChI is InChI=1S/C20H18O9/c21-9-10-27-11-12-28-18(24)15-7-3-4-8-16(15)20(26)29-19(25)14-6-2-1-5-13(14)17(22)23/h1-8,21H,9-12H2,(H,22,23). The summed E-state index contributed by atoms with van der Waals surface area (Å²) < 4.78 is 14.7. The van der Waals surface area contributed by atoms with Gasteiger partial charge in [0.25, 0.3) is 0 Å². The summed E-state index contributed by atoms with van der Waals surface area (Å²) in [5.41, 5.74) is -0.954. The number of aliphatic hydroxyl groups excluding tert-OH is 1. The Labute approximate surface area is 165 Å². The molecule has 0 atom stereocenters.